The zero-order chi connectivity index (χ0) is 16.5. The molecule has 0 amide bonds. The first-order valence-electron chi connectivity index (χ1n) is 5.94. The molecule has 0 radical (unpaired) electrons. The molecule has 2 aromatic rings. The number of aromatic carboxylic acids is 1. The third-order valence-electron chi connectivity index (χ3n) is 2.91. The van der Waals surface area contributed by atoms with Crippen LogP contribution in [0.25, 0.3) is 0 Å². The normalized spacial score (nSPS) is 11.8. The Balaban J connectivity index is 2.26. The summed E-state index contributed by atoms with van der Waals surface area (Å²) in [5.41, 5.74) is 0.448. The average Bonchev–Trinajstić information content (AvgIpc) is 2.80. The monoisotopic (exact) mass is 379 g/mol. The molecule has 9 heteroatoms. The number of hydrogen-bond donors (Lipinski definition) is 1. The SMILES string of the molecule is CN(Cc1csc(C(=O)O)c1Cl)S(=O)(=O)c1ccc(Cl)cc1. The number of rotatable bonds is 5. The Morgan fingerprint density at radius 1 is 1.27 bits per heavy atom. The van der Waals surface area contributed by atoms with Gasteiger partial charge in [-0.3, -0.25) is 0 Å². The fourth-order valence-corrected chi connectivity index (χ4v) is 4.20. The van der Waals surface area contributed by atoms with E-state index >= 15 is 0 Å². The van der Waals surface area contributed by atoms with Crippen molar-refractivity contribution in [2.24, 2.45) is 0 Å². The highest BCUT2D eigenvalue weighted by Crippen LogP contribution is 2.30. The highest BCUT2D eigenvalue weighted by atomic mass is 35.5. The van der Waals surface area contributed by atoms with Gasteiger partial charge in [-0.2, -0.15) is 4.31 Å². The van der Waals surface area contributed by atoms with Crippen LogP contribution in [0.4, 0.5) is 0 Å². The maximum absolute atomic E-state index is 12.4. The first-order chi connectivity index (χ1) is 10.2. The van der Waals surface area contributed by atoms with Gasteiger partial charge in [0.25, 0.3) is 0 Å². The molecular weight excluding hydrogens is 369 g/mol. The van der Waals surface area contributed by atoms with Crippen molar-refractivity contribution in [1.29, 1.82) is 0 Å². The minimum atomic E-state index is -3.71. The minimum absolute atomic E-state index is 0.00559. The van der Waals surface area contributed by atoms with E-state index in [4.69, 9.17) is 28.3 Å². The number of carboxylic acids is 1. The molecule has 0 bridgehead atoms. The highest BCUT2D eigenvalue weighted by Gasteiger charge is 2.23. The van der Waals surface area contributed by atoms with Gasteiger partial charge in [0, 0.05) is 18.6 Å². The number of carbonyl (C=O) groups is 1. The molecule has 1 aromatic carbocycles. The lowest BCUT2D eigenvalue weighted by molar-refractivity contribution is 0.0702. The molecule has 1 aromatic heterocycles. The summed E-state index contributed by atoms with van der Waals surface area (Å²) in [5, 5.41) is 11.0. The van der Waals surface area contributed by atoms with E-state index in [-0.39, 0.29) is 21.3 Å². The predicted octanol–water partition coefficient (Wildman–Crippen LogP) is 3.57. The molecule has 0 aliphatic carbocycles. The van der Waals surface area contributed by atoms with Crippen LogP contribution in [0.2, 0.25) is 10.0 Å². The zero-order valence-corrected chi connectivity index (χ0v) is 14.4. The molecule has 0 saturated heterocycles. The van der Waals surface area contributed by atoms with E-state index in [9.17, 15) is 13.2 Å². The van der Waals surface area contributed by atoms with Crippen molar-refractivity contribution >= 4 is 50.5 Å². The molecular formula is C13H11Cl2NO4S2. The van der Waals surface area contributed by atoms with Crippen molar-refractivity contribution in [1.82, 2.24) is 4.31 Å². The van der Waals surface area contributed by atoms with E-state index in [1.54, 1.807) is 5.38 Å². The van der Waals surface area contributed by atoms with Gasteiger partial charge in [0.15, 0.2) is 0 Å². The number of sulfonamides is 1. The van der Waals surface area contributed by atoms with E-state index in [0.29, 0.717) is 10.6 Å². The number of nitrogens with zero attached hydrogens (tertiary/aromatic N) is 1. The second-order valence-electron chi connectivity index (χ2n) is 4.42. The quantitative estimate of drug-likeness (QED) is 0.861. The second kappa shape index (κ2) is 6.55. The maximum Gasteiger partial charge on any atom is 0.347 e. The fraction of sp³-hybridized carbons (Fsp3) is 0.154. The van der Waals surface area contributed by atoms with Crippen molar-refractivity contribution in [3.05, 3.63) is 50.1 Å². The Morgan fingerprint density at radius 2 is 1.86 bits per heavy atom. The summed E-state index contributed by atoms with van der Waals surface area (Å²) in [6, 6.07) is 5.79. The topological polar surface area (TPSA) is 74.7 Å². The van der Waals surface area contributed by atoms with Gasteiger partial charge in [0.1, 0.15) is 4.88 Å². The molecule has 0 aliphatic rings. The van der Waals surface area contributed by atoms with Crippen LogP contribution in [-0.2, 0) is 16.6 Å². The summed E-state index contributed by atoms with van der Waals surface area (Å²) in [6.07, 6.45) is 0. The zero-order valence-electron chi connectivity index (χ0n) is 11.3. The lowest BCUT2D eigenvalue weighted by Crippen LogP contribution is -2.26. The van der Waals surface area contributed by atoms with Gasteiger partial charge in [-0.05, 0) is 35.2 Å². The van der Waals surface area contributed by atoms with Crippen molar-refractivity contribution in [2.75, 3.05) is 7.05 Å². The Morgan fingerprint density at radius 3 is 2.36 bits per heavy atom. The Kier molecular flexibility index (Phi) is 5.14. The Labute approximate surface area is 141 Å². The van der Waals surface area contributed by atoms with E-state index in [1.165, 1.54) is 31.3 Å². The van der Waals surface area contributed by atoms with E-state index in [0.717, 1.165) is 15.6 Å². The summed E-state index contributed by atoms with van der Waals surface area (Å²) >= 11 is 12.7. The van der Waals surface area contributed by atoms with Gasteiger partial charge >= 0.3 is 5.97 Å². The molecule has 5 nitrogen and oxygen atoms in total. The van der Waals surface area contributed by atoms with Crippen LogP contribution < -0.4 is 0 Å². The van der Waals surface area contributed by atoms with Gasteiger partial charge < -0.3 is 5.11 Å². The van der Waals surface area contributed by atoms with Crippen LogP contribution in [0.3, 0.4) is 0 Å². The average molecular weight is 380 g/mol. The van der Waals surface area contributed by atoms with Crippen LogP contribution >= 0.6 is 34.5 Å². The molecule has 0 fully saturated rings. The van der Waals surface area contributed by atoms with Crippen LogP contribution in [0.15, 0.2) is 34.5 Å². The standard InChI is InChI=1S/C13H11Cl2NO4S2/c1-16(6-8-7-21-12(11(8)15)13(17)18)22(19,20)10-4-2-9(14)3-5-10/h2-5,7H,6H2,1H3,(H,17,18). The van der Waals surface area contributed by atoms with Gasteiger partial charge in [-0.15, -0.1) is 11.3 Å². The minimum Gasteiger partial charge on any atom is -0.477 e. The number of benzene rings is 1. The number of thiophene rings is 1. The lowest BCUT2D eigenvalue weighted by Gasteiger charge is -2.17. The third-order valence-corrected chi connectivity index (χ3v) is 6.54. The summed E-state index contributed by atoms with van der Waals surface area (Å²) < 4.78 is 26.0. The summed E-state index contributed by atoms with van der Waals surface area (Å²) in [4.78, 5) is 11.0. The fourth-order valence-electron chi connectivity index (χ4n) is 1.74. The van der Waals surface area contributed by atoms with Gasteiger partial charge in [0.2, 0.25) is 10.0 Å². The molecule has 0 saturated carbocycles. The molecule has 118 valence electrons. The first-order valence-corrected chi connectivity index (χ1v) is 9.02. The Hall–Kier alpha value is -1.12. The van der Waals surface area contributed by atoms with Gasteiger partial charge in [-0.1, -0.05) is 23.2 Å². The van der Waals surface area contributed by atoms with Gasteiger partial charge in [-0.25, -0.2) is 13.2 Å². The molecule has 0 atom stereocenters. The summed E-state index contributed by atoms with van der Waals surface area (Å²) in [6.45, 7) is -0.0203. The molecule has 0 aliphatic heterocycles. The van der Waals surface area contributed by atoms with Gasteiger partial charge in [0.05, 0.1) is 9.92 Å². The van der Waals surface area contributed by atoms with Crippen molar-refractivity contribution in [3.63, 3.8) is 0 Å². The van der Waals surface area contributed by atoms with Crippen LogP contribution in [-0.4, -0.2) is 30.8 Å². The van der Waals surface area contributed by atoms with Crippen LogP contribution in [0.1, 0.15) is 15.2 Å². The number of halogens is 2. The lowest BCUT2D eigenvalue weighted by atomic mass is 10.3. The smallest absolute Gasteiger partial charge is 0.347 e. The Bertz CT molecular complexity index is 800. The van der Waals surface area contributed by atoms with Crippen LogP contribution in [0, 0.1) is 0 Å². The molecule has 2 rings (SSSR count). The van der Waals surface area contributed by atoms with E-state index in [2.05, 4.69) is 0 Å². The number of hydrogen-bond acceptors (Lipinski definition) is 4. The molecule has 22 heavy (non-hydrogen) atoms. The summed E-state index contributed by atoms with van der Waals surface area (Å²) in [7, 11) is -2.31. The molecule has 0 unspecified atom stereocenters. The first kappa shape index (κ1) is 17.2. The third kappa shape index (κ3) is 3.44. The van der Waals surface area contributed by atoms with E-state index in [1.807, 2.05) is 0 Å². The predicted molar refractivity (Wildman–Crippen MR) is 86.4 cm³/mol. The van der Waals surface area contributed by atoms with Crippen molar-refractivity contribution < 1.29 is 18.3 Å². The van der Waals surface area contributed by atoms with Crippen molar-refractivity contribution in [3.8, 4) is 0 Å². The molecule has 1 heterocycles. The largest absolute Gasteiger partial charge is 0.477 e. The van der Waals surface area contributed by atoms with Crippen LogP contribution in [0.5, 0.6) is 0 Å². The number of carboxylic acid groups (broad SMARTS) is 1. The second-order valence-corrected chi connectivity index (χ2v) is 8.16. The highest BCUT2D eigenvalue weighted by molar-refractivity contribution is 7.89. The summed E-state index contributed by atoms with van der Waals surface area (Å²) in [5.74, 6) is -1.13. The molecule has 1 N–H and O–H groups in total. The molecule has 0 spiro atoms. The maximum atomic E-state index is 12.4. The van der Waals surface area contributed by atoms with E-state index < -0.39 is 16.0 Å². The van der Waals surface area contributed by atoms with Crippen molar-refractivity contribution in [2.45, 2.75) is 11.4 Å².